The number of carbonyl (C=O) groups excluding carboxylic acids is 1. The number of benzene rings is 1. The lowest BCUT2D eigenvalue weighted by Crippen LogP contribution is -2.50. The van der Waals surface area contributed by atoms with Gasteiger partial charge in [0.05, 0.1) is 6.04 Å². The Hall–Kier alpha value is -2.54. The van der Waals surface area contributed by atoms with Gasteiger partial charge in [0.15, 0.2) is 5.96 Å². The zero-order chi connectivity index (χ0) is 22.0. The van der Waals surface area contributed by atoms with Crippen LogP contribution in [0.25, 0.3) is 0 Å². The molecule has 1 aromatic rings. The zero-order valence-electron chi connectivity index (χ0n) is 18.8. The summed E-state index contributed by atoms with van der Waals surface area (Å²) in [7, 11) is 1.76. The Kier molecular flexibility index (Phi) is 9.17. The Morgan fingerprint density at radius 2 is 1.97 bits per heavy atom. The Balaban J connectivity index is 1.93. The van der Waals surface area contributed by atoms with Crippen molar-refractivity contribution in [1.82, 2.24) is 20.9 Å². The van der Waals surface area contributed by atoms with Crippen LogP contribution in [0.1, 0.15) is 45.2 Å². The molecule has 2 rings (SSSR count). The van der Waals surface area contributed by atoms with Gasteiger partial charge in [0, 0.05) is 39.3 Å². The summed E-state index contributed by atoms with van der Waals surface area (Å²) in [4.78, 5) is 19.1. The number of likely N-dealkylation sites (tertiary alicyclic amines) is 1. The number of ether oxygens (including phenoxy) is 1. The highest BCUT2D eigenvalue weighted by molar-refractivity contribution is 5.80. The van der Waals surface area contributed by atoms with E-state index in [0.717, 1.165) is 44.0 Å². The lowest BCUT2D eigenvalue weighted by atomic mass is 10.1. The van der Waals surface area contributed by atoms with Crippen LogP contribution in [0.15, 0.2) is 48.0 Å². The second-order valence-corrected chi connectivity index (χ2v) is 8.57. The van der Waals surface area contributed by atoms with Gasteiger partial charge in [-0.3, -0.25) is 9.89 Å². The van der Waals surface area contributed by atoms with Gasteiger partial charge in [0.2, 0.25) is 0 Å². The van der Waals surface area contributed by atoms with Crippen LogP contribution in [0.5, 0.6) is 0 Å². The van der Waals surface area contributed by atoms with Crippen LogP contribution in [-0.4, -0.2) is 61.8 Å². The number of carbonyl (C=O) groups is 1. The van der Waals surface area contributed by atoms with Gasteiger partial charge in [0.1, 0.15) is 5.60 Å². The van der Waals surface area contributed by atoms with E-state index in [2.05, 4.69) is 32.4 Å². The maximum absolute atomic E-state index is 12.3. The molecule has 166 valence electrons. The average molecular weight is 416 g/mol. The van der Waals surface area contributed by atoms with E-state index in [1.807, 2.05) is 57.2 Å². The van der Waals surface area contributed by atoms with Gasteiger partial charge in [-0.2, -0.15) is 0 Å². The minimum absolute atomic E-state index is 0.242. The minimum atomic E-state index is -0.545. The molecule has 1 atom stereocenters. The fourth-order valence-electron chi connectivity index (χ4n) is 3.42. The molecule has 1 aliphatic heterocycles. The Bertz CT molecular complexity index is 691. The lowest BCUT2D eigenvalue weighted by Gasteiger charge is -2.32. The molecule has 1 heterocycles. The summed E-state index contributed by atoms with van der Waals surface area (Å²) < 4.78 is 5.44. The van der Waals surface area contributed by atoms with Crippen molar-refractivity contribution in [3.8, 4) is 0 Å². The molecule has 30 heavy (non-hydrogen) atoms. The van der Waals surface area contributed by atoms with Crippen LogP contribution in [0.3, 0.4) is 0 Å². The minimum Gasteiger partial charge on any atom is -0.444 e. The third-order valence-electron chi connectivity index (χ3n) is 4.91. The van der Waals surface area contributed by atoms with Crippen molar-refractivity contribution in [2.75, 3.05) is 33.2 Å². The van der Waals surface area contributed by atoms with Gasteiger partial charge in [-0.1, -0.05) is 36.4 Å². The predicted octanol–water partition coefficient (Wildman–Crippen LogP) is 3.07. The summed E-state index contributed by atoms with van der Waals surface area (Å²) in [5.41, 5.74) is 0.459. The summed E-state index contributed by atoms with van der Waals surface area (Å²) in [6.07, 6.45) is 3.64. The van der Waals surface area contributed by atoms with Gasteiger partial charge in [0.25, 0.3) is 0 Å². The molecule has 0 bridgehead atoms. The van der Waals surface area contributed by atoms with Gasteiger partial charge in [-0.15, -0.1) is 6.58 Å². The van der Waals surface area contributed by atoms with E-state index in [1.165, 1.54) is 0 Å². The first-order chi connectivity index (χ1) is 14.3. The number of guanidine groups is 1. The van der Waals surface area contributed by atoms with Crippen molar-refractivity contribution in [3.05, 3.63) is 48.6 Å². The first-order valence-electron chi connectivity index (χ1n) is 10.7. The topological polar surface area (TPSA) is 78.0 Å². The Morgan fingerprint density at radius 1 is 1.30 bits per heavy atom. The molecule has 0 saturated carbocycles. The summed E-state index contributed by atoms with van der Waals surface area (Å²) in [6.45, 7) is 12.9. The highest BCUT2D eigenvalue weighted by Crippen LogP contribution is 2.14. The van der Waals surface area contributed by atoms with Crippen LogP contribution in [0.2, 0.25) is 0 Å². The smallest absolute Gasteiger partial charge is 0.408 e. The lowest BCUT2D eigenvalue weighted by molar-refractivity contribution is 0.0504. The maximum Gasteiger partial charge on any atom is 0.408 e. The second-order valence-electron chi connectivity index (χ2n) is 8.57. The maximum atomic E-state index is 12.3. The van der Waals surface area contributed by atoms with Crippen LogP contribution in [0, 0.1) is 0 Å². The molecule has 1 aromatic carbocycles. The predicted molar refractivity (Wildman–Crippen MR) is 123 cm³/mol. The van der Waals surface area contributed by atoms with Crippen LogP contribution in [0.4, 0.5) is 4.79 Å². The third kappa shape index (κ3) is 8.45. The number of piperidine rings is 1. The van der Waals surface area contributed by atoms with E-state index >= 15 is 0 Å². The van der Waals surface area contributed by atoms with Crippen molar-refractivity contribution in [2.24, 2.45) is 4.99 Å². The molecule has 1 aliphatic rings. The van der Waals surface area contributed by atoms with Gasteiger partial charge in [-0.25, -0.2) is 4.79 Å². The second kappa shape index (κ2) is 11.6. The van der Waals surface area contributed by atoms with E-state index in [4.69, 9.17) is 4.74 Å². The number of rotatable bonds is 7. The van der Waals surface area contributed by atoms with Crippen LogP contribution < -0.4 is 16.0 Å². The molecule has 1 saturated heterocycles. The van der Waals surface area contributed by atoms with Crippen molar-refractivity contribution in [3.63, 3.8) is 0 Å². The van der Waals surface area contributed by atoms with Crippen LogP contribution in [-0.2, 0) is 4.74 Å². The van der Waals surface area contributed by atoms with E-state index in [1.54, 1.807) is 7.05 Å². The zero-order valence-corrected chi connectivity index (χ0v) is 18.8. The quantitative estimate of drug-likeness (QED) is 0.362. The number of nitrogens with zero attached hydrogens (tertiary/aromatic N) is 2. The van der Waals surface area contributed by atoms with Crippen LogP contribution >= 0.6 is 0 Å². The Morgan fingerprint density at radius 3 is 2.53 bits per heavy atom. The van der Waals surface area contributed by atoms with Crippen molar-refractivity contribution in [2.45, 2.75) is 51.3 Å². The molecule has 1 amide bonds. The molecular weight excluding hydrogens is 378 g/mol. The van der Waals surface area contributed by atoms with E-state index in [9.17, 15) is 4.79 Å². The molecule has 3 N–H and O–H groups in total. The summed E-state index contributed by atoms with van der Waals surface area (Å²) in [5, 5.41) is 9.84. The largest absolute Gasteiger partial charge is 0.444 e. The highest BCUT2D eigenvalue weighted by Gasteiger charge is 2.22. The molecule has 7 heteroatoms. The molecule has 1 unspecified atom stereocenters. The standard InChI is InChI=1S/C23H37N5O2/c1-6-14-28-15-12-19(13-16-28)26-21(24-5)25-17-20(18-10-8-7-9-11-18)27-22(29)30-23(2,3)4/h6-11,19-20H,1,12-17H2,2-5H3,(H,27,29)(H2,24,25,26). The summed E-state index contributed by atoms with van der Waals surface area (Å²) in [5.74, 6) is 0.740. The molecule has 0 aliphatic carbocycles. The number of hydrogen-bond donors (Lipinski definition) is 3. The van der Waals surface area contributed by atoms with Gasteiger partial charge < -0.3 is 20.7 Å². The highest BCUT2D eigenvalue weighted by atomic mass is 16.6. The fraction of sp³-hybridized carbons (Fsp3) is 0.565. The third-order valence-corrected chi connectivity index (χ3v) is 4.91. The normalized spacial score (nSPS) is 17.1. The molecule has 0 spiro atoms. The van der Waals surface area contributed by atoms with Gasteiger partial charge >= 0.3 is 6.09 Å². The molecule has 0 aromatic heterocycles. The monoisotopic (exact) mass is 415 g/mol. The first-order valence-corrected chi connectivity index (χ1v) is 10.7. The van der Waals surface area contributed by atoms with E-state index in [0.29, 0.717) is 12.6 Å². The number of aliphatic imine (C=N–C) groups is 1. The molecule has 1 fully saturated rings. The van der Waals surface area contributed by atoms with Gasteiger partial charge in [-0.05, 0) is 39.2 Å². The first kappa shape index (κ1) is 23.7. The van der Waals surface area contributed by atoms with Crippen molar-refractivity contribution in [1.29, 1.82) is 0 Å². The van der Waals surface area contributed by atoms with Crippen molar-refractivity contribution < 1.29 is 9.53 Å². The summed E-state index contributed by atoms with van der Waals surface area (Å²) >= 11 is 0. The number of nitrogens with one attached hydrogen (secondary N) is 3. The van der Waals surface area contributed by atoms with E-state index < -0.39 is 11.7 Å². The number of alkyl carbamates (subject to hydrolysis) is 1. The molecule has 7 nitrogen and oxygen atoms in total. The van der Waals surface area contributed by atoms with E-state index in [-0.39, 0.29) is 6.04 Å². The molecular formula is C23H37N5O2. The Labute approximate surface area is 181 Å². The number of amides is 1. The SMILES string of the molecule is C=CCN1CCC(NC(=NC)NCC(NC(=O)OC(C)(C)C)c2ccccc2)CC1. The molecule has 0 radical (unpaired) electrons. The number of hydrogen-bond acceptors (Lipinski definition) is 4. The van der Waals surface area contributed by atoms with Crippen molar-refractivity contribution >= 4 is 12.1 Å². The average Bonchev–Trinajstić information content (AvgIpc) is 2.71. The fourth-order valence-corrected chi connectivity index (χ4v) is 3.42. The summed E-state index contributed by atoms with van der Waals surface area (Å²) in [6, 6.07) is 10.0.